The molecule has 1 aliphatic heterocycles. The summed E-state index contributed by atoms with van der Waals surface area (Å²) in [6, 6.07) is 3.82. The van der Waals surface area contributed by atoms with Crippen molar-refractivity contribution in [2.45, 2.75) is 97.2 Å². The van der Waals surface area contributed by atoms with Crippen LogP contribution in [0.3, 0.4) is 0 Å². The molecule has 0 aromatic heterocycles. The van der Waals surface area contributed by atoms with E-state index in [4.69, 9.17) is 14.2 Å². The molecule has 1 heterocycles. The largest absolute Gasteiger partial charge is 0.464 e. The van der Waals surface area contributed by atoms with Crippen LogP contribution in [0.1, 0.15) is 88.6 Å². The number of nitrogens with zero attached hydrogens (tertiary/aromatic N) is 2. The molecule has 1 unspecified atom stereocenters. The van der Waals surface area contributed by atoms with Crippen molar-refractivity contribution in [2.24, 2.45) is 0 Å². The smallest absolute Gasteiger partial charge is 0.360 e. The van der Waals surface area contributed by atoms with Gasteiger partial charge in [0.2, 0.25) is 0 Å². The first-order chi connectivity index (χ1) is 17.2. The third-order valence-corrected chi connectivity index (χ3v) is 7.20. The molecular formula is C28H42N2O6. The van der Waals surface area contributed by atoms with Gasteiger partial charge < -0.3 is 24.0 Å². The zero-order valence-electron chi connectivity index (χ0n) is 22.7. The molecule has 0 radical (unpaired) electrons. The monoisotopic (exact) mass is 502 g/mol. The summed E-state index contributed by atoms with van der Waals surface area (Å²) in [7, 11) is 1.64. The maximum atomic E-state index is 13.9. The van der Waals surface area contributed by atoms with E-state index in [-0.39, 0.29) is 24.6 Å². The molecule has 0 spiro atoms. The molecular weight excluding hydrogens is 460 g/mol. The van der Waals surface area contributed by atoms with Crippen molar-refractivity contribution in [3.05, 3.63) is 23.3 Å². The lowest BCUT2D eigenvalue weighted by Gasteiger charge is -2.40. The van der Waals surface area contributed by atoms with Gasteiger partial charge in [-0.3, -0.25) is 9.59 Å². The quantitative estimate of drug-likeness (QED) is 0.263. The van der Waals surface area contributed by atoms with Gasteiger partial charge in [0.05, 0.1) is 12.3 Å². The lowest BCUT2D eigenvalue weighted by Crippen LogP contribution is -2.59. The summed E-state index contributed by atoms with van der Waals surface area (Å²) in [4.78, 5) is 43.9. The Hall–Kier alpha value is -2.61. The number of ether oxygens (including phenoxy) is 3. The van der Waals surface area contributed by atoms with E-state index in [0.717, 1.165) is 37.7 Å². The first-order valence-electron chi connectivity index (χ1n) is 13.3. The maximum absolute atomic E-state index is 13.9. The standard InChI is InChI=1S/C28H42N2O6/c1-7-35-27(33)28(5)26(32)29(15-11-12-16-34-6)23-18-22(20(4)17-24(23)36-28)25(31)30(19(2)3)21-13-9-8-10-14-21/h17-19,21H,7-16H2,1-6H3. The fourth-order valence-electron chi connectivity index (χ4n) is 5.28. The van der Waals surface area contributed by atoms with Gasteiger partial charge in [-0.2, -0.15) is 0 Å². The predicted molar refractivity (Wildman–Crippen MR) is 138 cm³/mol. The second kappa shape index (κ2) is 12.1. The SMILES string of the molecule is CCOC(=O)C1(C)Oc2cc(C)c(C(=O)N(C(C)C)C3CCCCC3)cc2N(CCCCOC)C1=O. The van der Waals surface area contributed by atoms with Gasteiger partial charge in [0.1, 0.15) is 5.75 Å². The fraction of sp³-hybridized carbons (Fsp3) is 0.679. The van der Waals surface area contributed by atoms with Crippen molar-refractivity contribution in [1.82, 2.24) is 4.90 Å². The second-order valence-electron chi connectivity index (χ2n) is 10.2. The van der Waals surface area contributed by atoms with Crippen LogP contribution in [-0.2, 0) is 19.1 Å². The van der Waals surface area contributed by atoms with Gasteiger partial charge in [-0.05, 0) is 78.0 Å². The molecule has 2 aliphatic rings. The Bertz CT molecular complexity index is 956. The van der Waals surface area contributed by atoms with E-state index in [2.05, 4.69) is 13.8 Å². The van der Waals surface area contributed by atoms with Gasteiger partial charge >= 0.3 is 5.97 Å². The van der Waals surface area contributed by atoms with Gasteiger partial charge in [0.25, 0.3) is 17.4 Å². The van der Waals surface area contributed by atoms with Gasteiger partial charge in [0.15, 0.2) is 0 Å². The van der Waals surface area contributed by atoms with Gasteiger partial charge in [-0.15, -0.1) is 0 Å². The molecule has 2 amide bonds. The molecule has 1 aromatic rings. The average Bonchev–Trinajstić information content (AvgIpc) is 2.84. The van der Waals surface area contributed by atoms with Crippen LogP contribution < -0.4 is 9.64 Å². The highest BCUT2D eigenvalue weighted by Gasteiger charge is 2.52. The first kappa shape index (κ1) is 28.0. The van der Waals surface area contributed by atoms with Gasteiger partial charge in [0, 0.05) is 37.9 Å². The third-order valence-electron chi connectivity index (χ3n) is 7.20. The Morgan fingerprint density at radius 2 is 1.89 bits per heavy atom. The number of esters is 1. The van der Waals surface area contributed by atoms with Crippen molar-refractivity contribution in [2.75, 3.05) is 31.8 Å². The predicted octanol–water partition coefficient (Wildman–Crippen LogP) is 4.65. The minimum Gasteiger partial charge on any atom is -0.464 e. The van der Waals surface area contributed by atoms with Crippen LogP contribution in [0.4, 0.5) is 5.69 Å². The molecule has 8 heteroatoms. The van der Waals surface area contributed by atoms with E-state index in [1.165, 1.54) is 13.3 Å². The number of rotatable bonds is 10. The highest BCUT2D eigenvalue weighted by Crippen LogP contribution is 2.41. The number of aryl methyl sites for hydroxylation is 1. The summed E-state index contributed by atoms with van der Waals surface area (Å²) in [5.41, 5.74) is 0.0422. The third kappa shape index (κ3) is 5.69. The van der Waals surface area contributed by atoms with Crippen LogP contribution in [0.2, 0.25) is 0 Å². The zero-order valence-corrected chi connectivity index (χ0v) is 22.7. The summed E-state index contributed by atoms with van der Waals surface area (Å²) >= 11 is 0. The maximum Gasteiger partial charge on any atom is 0.360 e. The van der Waals surface area contributed by atoms with E-state index in [9.17, 15) is 14.4 Å². The van der Waals surface area contributed by atoms with E-state index in [1.807, 2.05) is 11.8 Å². The van der Waals surface area contributed by atoms with Crippen molar-refractivity contribution in [1.29, 1.82) is 0 Å². The van der Waals surface area contributed by atoms with E-state index < -0.39 is 17.5 Å². The molecule has 1 fully saturated rings. The highest BCUT2D eigenvalue weighted by atomic mass is 16.6. The Balaban J connectivity index is 2.02. The molecule has 0 bridgehead atoms. The molecule has 0 N–H and O–H groups in total. The number of benzene rings is 1. The number of carbonyl (C=O) groups is 3. The van der Waals surface area contributed by atoms with Crippen LogP contribution in [0.5, 0.6) is 5.75 Å². The Morgan fingerprint density at radius 3 is 2.50 bits per heavy atom. The number of hydrogen-bond acceptors (Lipinski definition) is 6. The fourth-order valence-corrected chi connectivity index (χ4v) is 5.28. The molecule has 8 nitrogen and oxygen atoms in total. The van der Waals surface area contributed by atoms with Crippen LogP contribution >= 0.6 is 0 Å². The summed E-state index contributed by atoms with van der Waals surface area (Å²) < 4.78 is 16.4. The van der Waals surface area contributed by atoms with Gasteiger partial charge in [-0.1, -0.05) is 19.3 Å². The lowest BCUT2D eigenvalue weighted by atomic mass is 9.92. The molecule has 1 aromatic carbocycles. The Morgan fingerprint density at radius 1 is 1.19 bits per heavy atom. The van der Waals surface area contributed by atoms with Gasteiger partial charge in [-0.25, -0.2) is 4.79 Å². The minimum atomic E-state index is -1.78. The zero-order chi connectivity index (χ0) is 26.5. The summed E-state index contributed by atoms with van der Waals surface area (Å²) in [5.74, 6) is -0.827. The number of anilines is 1. The Kier molecular flexibility index (Phi) is 9.39. The molecule has 1 atom stereocenters. The molecule has 200 valence electrons. The Labute approximate surface area is 215 Å². The summed E-state index contributed by atoms with van der Waals surface area (Å²) in [5, 5.41) is 0. The minimum absolute atomic E-state index is 0.0253. The van der Waals surface area contributed by atoms with E-state index >= 15 is 0 Å². The number of fused-ring (bicyclic) bond motifs is 1. The lowest BCUT2D eigenvalue weighted by molar-refractivity contribution is -0.166. The normalized spacial score (nSPS) is 20.2. The van der Waals surface area contributed by atoms with Crippen molar-refractivity contribution in [3.8, 4) is 5.75 Å². The number of carbonyl (C=O) groups excluding carboxylic acids is 3. The molecule has 0 saturated heterocycles. The number of amides is 2. The topological polar surface area (TPSA) is 85.4 Å². The van der Waals surface area contributed by atoms with E-state index in [1.54, 1.807) is 31.1 Å². The summed E-state index contributed by atoms with van der Waals surface area (Å²) in [6.07, 6.45) is 6.94. The van der Waals surface area contributed by atoms with Crippen LogP contribution in [0.15, 0.2) is 12.1 Å². The first-order valence-corrected chi connectivity index (χ1v) is 13.3. The molecule has 36 heavy (non-hydrogen) atoms. The van der Waals surface area contributed by atoms with Crippen LogP contribution in [0.25, 0.3) is 0 Å². The van der Waals surface area contributed by atoms with Crippen LogP contribution in [-0.4, -0.2) is 67.2 Å². The molecule has 3 rings (SSSR count). The number of unbranched alkanes of at least 4 members (excludes halogenated alkanes) is 1. The second-order valence-corrected chi connectivity index (χ2v) is 10.2. The van der Waals surface area contributed by atoms with Crippen molar-refractivity contribution in [3.63, 3.8) is 0 Å². The van der Waals surface area contributed by atoms with Crippen molar-refractivity contribution < 1.29 is 28.6 Å². The summed E-state index contributed by atoms with van der Waals surface area (Å²) in [6.45, 7) is 10.2. The highest BCUT2D eigenvalue weighted by molar-refractivity contribution is 6.15. The average molecular weight is 503 g/mol. The molecule has 1 aliphatic carbocycles. The molecule has 1 saturated carbocycles. The van der Waals surface area contributed by atoms with Crippen molar-refractivity contribution >= 4 is 23.5 Å². The van der Waals surface area contributed by atoms with E-state index in [0.29, 0.717) is 36.6 Å². The van der Waals surface area contributed by atoms with Crippen LogP contribution in [0, 0.1) is 6.92 Å². The number of methoxy groups -OCH3 is 1. The number of hydrogen-bond donors (Lipinski definition) is 0.